The predicted octanol–water partition coefficient (Wildman–Crippen LogP) is 3.65. The van der Waals surface area contributed by atoms with Gasteiger partial charge in [-0.15, -0.1) is 0 Å². The van der Waals surface area contributed by atoms with Gasteiger partial charge in [-0.3, -0.25) is 14.5 Å². The average molecular weight is 515 g/mol. The minimum Gasteiger partial charge on any atom is -0.343 e. The van der Waals surface area contributed by atoms with Gasteiger partial charge in [-0.2, -0.15) is 15.4 Å². The number of fused-ring (bicyclic) bond motifs is 1. The molecule has 3 heterocycles. The highest BCUT2D eigenvalue weighted by Crippen LogP contribution is 2.24. The van der Waals surface area contributed by atoms with Crippen molar-refractivity contribution in [1.82, 2.24) is 30.1 Å². The summed E-state index contributed by atoms with van der Waals surface area (Å²) >= 11 is 12.2. The Morgan fingerprint density at radius 1 is 0.886 bits per heavy atom. The van der Waals surface area contributed by atoms with E-state index in [9.17, 15) is 9.59 Å². The molecule has 1 aromatic heterocycles. The molecule has 184 valence electrons. The number of nitrogens with zero attached hydrogens (tertiary/aromatic N) is 5. The molecule has 0 bridgehead atoms. The number of hydrogen-bond donors (Lipinski definition) is 1. The van der Waals surface area contributed by atoms with Crippen molar-refractivity contribution in [1.29, 1.82) is 0 Å². The molecule has 0 unspecified atom stereocenters. The number of hydrogen-bond acceptors (Lipinski definition) is 5. The third-order valence-corrected chi connectivity index (χ3v) is 7.71. The first-order chi connectivity index (χ1) is 17.0. The molecule has 2 saturated heterocycles. The zero-order valence-electron chi connectivity index (χ0n) is 19.4. The van der Waals surface area contributed by atoms with Crippen LogP contribution in [0.3, 0.4) is 0 Å². The normalized spacial score (nSPS) is 17.8. The van der Waals surface area contributed by atoms with E-state index >= 15 is 0 Å². The van der Waals surface area contributed by atoms with E-state index in [4.69, 9.17) is 23.2 Å². The summed E-state index contributed by atoms with van der Waals surface area (Å²) in [6.45, 7) is 4.66. The van der Waals surface area contributed by atoms with Crippen LogP contribution in [-0.2, 0) is 11.2 Å². The maximum absolute atomic E-state index is 13.0. The SMILES string of the molecule is O=C(CCc1ccc(Cl)cc1Cl)N1CCC(N2CCN(C(=O)c3ccc4n[nH]nc4c3)CC2)CC1. The third kappa shape index (κ3) is 5.44. The Morgan fingerprint density at radius 2 is 1.63 bits per heavy atom. The molecule has 0 atom stereocenters. The first-order valence-corrected chi connectivity index (χ1v) is 12.8. The minimum atomic E-state index is 0.0377. The molecular weight excluding hydrogens is 487 g/mol. The molecule has 2 aliphatic rings. The van der Waals surface area contributed by atoms with Crippen LogP contribution in [0.5, 0.6) is 0 Å². The van der Waals surface area contributed by atoms with Gasteiger partial charge in [0.1, 0.15) is 11.0 Å². The van der Waals surface area contributed by atoms with Crippen molar-refractivity contribution in [2.45, 2.75) is 31.7 Å². The van der Waals surface area contributed by atoms with Crippen molar-refractivity contribution >= 4 is 46.0 Å². The van der Waals surface area contributed by atoms with Crippen molar-refractivity contribution < 1.29 is 9.59 Å². The molecular formula is C25H28Cl2N6O2. The van der Waals surface area contributed by atoms with Crippen molar-refractivity contribution in [2.24, 2.45) is 0 Å². The standard InChI is InChI=1S/C25H28Cl2N6O2/c26-19-4-1-17(21(27)16-19)3-6-24(34)32-9-7-20(8-10-32)31-11-13-33(14-12-31)25(35)18-2-5-22-23(15-18)29-30-28-22/h1-2,4-5,15-16,20H,3,6-14H2,(H,28,29,30). The lowest BCUT2D eigenvalue weighted by molar-refractivity contribution is -0.132. The molecule has 0 saturated carbocycles. The number of halogens is 2. The maximum atomic E-state index is 13.0. The fourth-order valence-corrected chi connectivity index (χ4v) is 5.55. The maximum Gasteiger partial charge on any atom is 0.254 e. The zero-order valence-corrected chi connectivity index (χ0v) is 20.9. The van der Waals surface area contributed by atoms with E-state index < -0.39 is 0 Å². The fourth-order valence-electron chi connectivity index (χ4n) is 5.05. The summed E-state index contributed by atoms with van der Waals surface area (Å²) in [5.41, 5.74) is 3.05. The number of H-pyrrole nitrogens is 1. The fraction of sp³-hybridized carbons (Fsp3) is 0.440. The lowest BCUT2D eigenvalue weighted by Gasteiger charge is -2.42. The van der Waals surface area contributed by atoms with Gasteiger partial charge in [0.05, 0.1) is 0 Å². The lowest BCUT2D eigenvalue weighted by Crippen LogP contribution is -2.54. The largest absolute Gasteiger partial charge is 0.343 e. The number of carbonyl (C=O) groups is 2. The van der Waals surface area contributed by atoms with Gasteiger partial charge >= 0.3 is 0 Å². The third-order valence-electron chi connectivity index (χ3n) is 7.12. The molecule has 0 aliphatic carbocycles. The number of benzene rings is 2. The van der Waals surface area contributed by atoms with Crippen LogP contribution in [0.4, 0.5) is 0 Å². The summed E-state index contributed by atoms with van der Waals surface area (Å²) in [6.07, 6.45) is 3.00. The second-order valence-electron chi connectivity index (χ2n) is 9.20. The summed E-state index contributed by atoms with van der Waals surface area (Å²) in [5.74, 6) is 0.213. The Labute approximate surface area is 214 Å². The summed E-state index contributed by atoms with van der Waals surface area (Å²) in [5, 5.41) is 11.9. The molecule has 1 N–H and O–H groups in total. The Kier molecular flexibility index (Phi) is 7.22. The molecule has 2 amide bonds. The van der Waals surface area contributed by atoms with Gasteiger partial charge in [-0.05, 0) is 55.2 Å². The topological polar surface area (TPSA) is 85.4 Å². The monoisotopic (exact) mass is 514 g/mol. The summed E-state index contributed by atoms with van der Waals surface area (Å²) in [6, 6.07) is 11.3. The lowest BCUT2D eigenvalue weighted by atomic mass is 10.0. The summed E-state index contributed by atoms with van der Waals surface area (Å²) in [7, 11) is 0. The number of aryl methyl sites for hydroxylation is 1. The van der Waals surface area contributed by atoms with Crippen LogP contribution < -0.4 is 0 Å². The van der Waals surface area contributed by atoms with Crippen LogP contribution in [0.1, 0.15) is 35.2 Å². The molecule has 3 aromatic rings. The Balaban J connectivity index is 1.07. The van der Waals surface area contributed by atoms with Gasteiger partial charge < -0.3 is 9.80 Å². The van der Waals surface area contributed by atoms with Gasteiger partial charge in [0.2, 0.25) is 5.91 Å². The number of aromatic nitrogens is 3. The first-order valence-electron chi connectivity index (χ1n) is 12.0. The Bertz CT molecular complexity index is 1220. The number of rotatable bonds is 5. The van der Waals surface area contributed by atoms with E-state index in [1.54, 1.807) is 18.2 Å². The van der Waals surface area contributed by atoms with Crippen LogP contribution in [-0.4, -0.2) is 87.2 Å². The number of carbonyl (C=O) groups excluding carboxylic acids is 2. The van der Waals surface area contributed by atoms with Crippen LogP contribution in [0.25, 0.3) is 11.0 Å². The number of amides is 2. The second kappa shape index (κ2) is 10.5. The molecule has 5 rings (SSSR count). The van der Waals surface area contributed by atoms with E-state index in [0.29, 0.717) is 53.1 Å². The first kappa shape index (κ1) is 24.0. The molecule has 2 fully saturated rings. The zero-order chi connectivity index (χ0) is 24.4. The van der Waals surface area contributed by atoms with Gasteiger partial charge in [0.15, 0.2) is 0 Å². The van der Waals surface area contributed by atoms with E-state index in [1.807, 2.05) is 28.0 Å². The average Bonchev–Trinajstić information content (AvgIpc) is 3.36. The van der Waals surface area contributed by atoms with E-state index in [2.05, 4.69) is 20.3 Å². The quantitative estimate of drug-likeness (QED) is 0.561. The number of likely N-dealkylation sites (tertiary alicyclic amines) is 1. The highest BCUT2D eigenvalue weighted by atomic mass is 35.5. The number of piperidine rings is 1. The van der Waals surface area contributed by atoms with Crippen LogP contribution in [0, 0.1) is 0 Å². The smallest absolute Gasteiger partial charge is 0.254 e. The molecule has 0 spiro atoms. The highest BCUT2D eigenvalue weighted by molar-refractivity contribution is 6.35. The van der Waals surface area contributed by atoms with Gasteiger partial charge in [-0.25, -0.2) is 0 Å². The summed E-state index contributed by atoms with van der Waals surface area (Å²) in [4.78, 5) is 32.1. The molecule has 10 heteroatoms. The Morgan fingerprint density at radius 3 is 2.37 bits per heavy atom. The van der Waals surface area contributed by atoms with Crippen LogP contribution in [0.2, 0.25) is 10.0 Å². The minimum absolute atomic E-state index is 0.0377. The van der Waals surface area contributed by atoms with E-state index in [0.717, 1.165) is 50.1 Å². The molecule has 8 nitrogen and oxygen atoms in total. The van der Waals surface area contributed by atoms with Gasteiger partial charge in [0, 0.05) is 67.3 Å². The molecule has 0 radical (unpaired) electrons. The molecule has 35 heavy (non-hydrogen) atoms. The van der Waals surface area contributed by atoms with Crippen LogP contribution >= 0.6 is 23.2 Å². The molecule has 2 aliphatic heterocycles. The van der Waals surface area contributed by atoms with Crippen molar-refractivity contribution in [3.05, 3.63) is 57.6 Å². The van der Waals surface area contributed by atoms with Crippen molar-refractivity contribution in [2.75, 3.05) is 39.3 Å². The predicted molar refractivity (Wildman–Crippen MR) is 136 cm³/mol. The second-order valence-corrected chi connectivity index (χ2v) is 10.0. The number of piperazine rings is 1. The van der Waals surface area contributed by atoms with Crippen molar-refractivity contribution in [3.8, 4) is 0 Å². The highest BCUT2D eigenvalue weighted by Gasteiger charge is 2.30. The number of aromatic amines is 1. The van der Waals surface area contributed by atoms with Gasteiger partial charge in [0.25, 0.3) is 5.91 Å². The van der Waals surface area contributed by atoms with Crippen molar-refractivity contribution in [3.63, 3.8) is 0 Å². The van der Waals surface area contributed by atoms with Gasteiger partial charge in [-0.1, -0.05) is 29.3 Å². The van der Waals surface area contributed by atoms with Crippen LogP contribution in [0.15, 0.2) is 36.4 Å². The molecule has 2 aromatic carbocycles. The number of nitrogens with one attached hydrogen (secondary N) is 1. The van der Waals surface area contributed by atoms with E-state index in [-0.39, 0.29) is 11.8 Å². The summed E-state index contributed by atoms with van der Waals surface area (Å²) < 4.78 is 0. The van der Waals surface area contributed by atoms with E-state index in [1.165, 1.54) is 0 Å². The Hall–Kier alpha value is -2.68.